The van der Waals surface area contributed by atoms with Crippen molar-refractivity contribution in [1.82, 2.24) is 4.57 Å². The standard InChI is InChI=1S/C9H11BrN2O/c10-8-3-7(11)5-12(9(8)13)4-6-1-2-6/h3,5-6H,1-2,4,11H2. The minimum atomic E-state index is 0.0149. The van der Waals surface area contributed by atoms with Gasteiger partial charge in [-0.15, -0.1) is 0 Å². The number of hydrogen-bond donors (Lipinski definition) is 1. The number of aromatic nitrogens is 1. The number of hydrogen-bond acceptors (Lipinski definition) is 2. The molecule has 1 aliphatic carbocycles. The van der Waals surface area contributed by atoms with Crippen molar-refractivity contribution in [3.8, 4) is 0 Å². The van der Waals surface area contributed by atoms with Crippen molar-refractivity contribution in [3.05, 3.63) is 27.1 Å². The maximum absolute atomic E-state index is 11.5. The van der Waals surface area contributed by atoms with Gasteiger partial charge in [-0.2, -0.15) is 0 Å². The van der Waals surface area contributed by atoms with E-state index in [2.05, 4.69) is 15.9 Å². The molecule has 2 rings (SSSR count). The van der Waals surface area contributed by atoms with Gasteiger partial charge in [-0.25, -0.2) is 0 Å². The van der Waals surface area contributed by atoms with Gasteiger partial charge in [0, 0.05) is 18.4 Å². The molecule has 0 radical (unpaired) electrons. The third kappa shape index (κ3) is 1.94. The van der Waals surface area contributed by atoms with Crippen LogP contribution in [-0.2, 0) is 6.54 Å². The van der Waals surface area contributed by atoms with Crippen LogP contribution in [0.2, 0.25) is 0 Å². The Balaban J connectivity index is 2.36. The molecule has 1 saturated carbocycles. The molecule has 4 heteroatoms. The third-order valence-electron chi connectivity index (χ3n) is 2.22. The second-order valence-corrected chi connectivity index (χ2v) is 4.38. The molecule has 1 heterocycles. The summed E-state index contributed by atoms with van der Waals surface area (Å²) in [6, 6.07) is 1.64. The highest BCUT2D eigenvalue weighted by molar-refractivity contribution is 9.10. The van der Waals surface area contributed by atoms with Crippen molar-refractivity contribution in [3.63, 3.8) is 0 Å². The largest absolute Gasteiger partial charge is 0.398 e. The second-order valence-electron chi connectivity index (χ2n) is 3.52. The fraction of sp³-hybridized carbons (Fsp3) is 0.444. The third-order valence-corrected chi connectivity index (χ3v) is 2.78. The number of halogens is 1. The summed E-state index contributed by atoms with van der Waals surface area (Å²) < 4.78 is 2.24. The van der Waals surface area contributed by atoms with Crippen LogP contribution in [0.5, 0.6) is 0 Å². The van der Waals surface area contributed by atoms with Gasteiger partial charge in [0.25, 0.3) is 5.56 Å². The number of nitrogen functional groups attached to an aromatic ring is 1. The van der Waals surface area contributed by atoms with Crippen LogP contribution in [0, 0.1) is 5.92 Å². The lowest BCUT2D eigenvalue weighted by molar-refractivity contribution is 0.606. The Kier molecular flexibility index (Phi) is 2.15. The molecule has 0 aromatic carbocycles. The molecule has 0 amide bonds. The van der Waals surface area contributed by atoms with Gasteiger partial charge in [0.2, 0.25) is 0 Å². The molecule has 70 valence electrons. The van der Waals surface area contributed by atoms with Crippen molar-refractivity contribution >= 4 is 21.6 Å². The lowest BCUT2D eigenvalue weighted by Gasteiger charge is -2.05. The summed E-state index contributed by atoms with van der Waals surface area (Å²) in [5.74, 6) is 0.686. The van der Waals surface area contributed by atoms with Crippen LogP contribution in [0.1, 0.15) is 12.8 Å². The van der Waals surface area contributed by atoms with Crippen LogP contribution < -0.4 is 11.3 Å². The molecule has 0 aliphatic heterocycles. The monoisotopic (exact) mass is 242 g/mol. The average Bonchev–Trinajstić information content (AvgIpc) is 2.83. The number of anilines is 1. The number of pyridine rings is 1. The molecule has 1 aromatic rings. The maximum Gasteiger partial charge on any atom is 0.264 e. The molecular formula is C9H11BrN2O. The van der Waals surface area contributed by atoms with E-state index in [0.29, 0.717) is 16.1 Å². The van der Waals surface area contributed by atoms with E-state index < -0.39 is 0 Å². The zero-order valence-electron chi connectivity index (χ0n) is 7.16. The molecule has 0 unspecified atom stereocenters. The Hall–Kier alpha value is -0.770. The van der Waals surface area contributed by atoms with E-state index in [0.717, 1.165) is 6.54 Å². The highest BCUT2D eigenvalue weighted by Gasteiger charge is 2.22. The zero-order chi connectivity index (χ0) is 9.42. The first-order valence-electron chi connectivity index (χ1n) is 4.32. The Morgan fingerprint density at radius 2 is 2.31 bits per heavy atom. The van der Waals surface area contributed by atoms with Crippen LogP contribution in [-0.4, -0.2) is 4.57 Å². The molecule has 2 N–H and O–H groups in total. The van der Waals surface area contributed by atoms with Gasteiger partial charge >= 0.3 is 0 Å². The molecule has 1 fully saturated rings. The lowest BCUT2D eigenvalue weighted by atomic mass is 10.3. The van der Waals surface area contributed by atoms with E-state index in [1.54, 1.807) is 16.8 Å². The number of nitrogens with zero attached hydrogens (tertiary/aromatic N) is 1. The highest BCUT2D eigenvalue weighted by atomic mass is 79.9. The van der Waals surface area contributed by atoms with Crippen LogP contribution in [0.15, 0.2) is 21.5 Å². The molecule has 1 aromatic heterocycles. The maximum atomic E-state index is 11.5. The van der Waals surface area contributed by atoms with Crippen LogP contribution in [0.3, 0.4) is 0 Å². The van der Waals surface area contributed by atoms with Gasteiger partial charge in [-0.3, -0.25) is 4.79 Å². The topological polar surface area (TPSA) is 48.0 Å². The average molecular weight is 243 g/mol. The SMILES string of the molecule is Nc1cc(Br)c(=O)n(CC2CC2)c1. The minimum Gasteiger partial charge on any atom is -0.398 e. The summed E-state index contributed by atoms with van der Waals surface area (Å²) in [7, 11) is 0. The Labute approximate surface area is 84.7 Å². The van der Waals surface area contributed by atoms with Crippen molar-refractivity contribution in [2.24, 2.45) is 5.92 Å². The van der Waals surface area contributed by atoms with Crippen LogP contribution in [0.25, 0.3) is 0 Å². The first-order valence-corrected chi connectivity index (χ1v) is 5.11. The Morgan fingerprint density at radius 3 is 2.92 bits per heavy atom. The summed E-state index contributed by atoms with van der Waals surface area (Å²) in [6.07, 6.45) is 4.18. The summed E-state index contributed by atoms with van der Waals surface area (Å²) >= 11 is 3.19. The van der Waals surface area contributed by atoms with Gasteiger partial charge in [0.05, 0.1) is 4.47 Å². The van der Waals surface area contributed by atoms with Crippen molar-refractivity contribution in [2.75, 3.05) is 5.73 Å². The van der Waals surface area contributed by atoms with Crippen molar-refractivity contribution < 1.29 is 0 Å². The van der Waals surface area contributed by atoms with Gasteiger partial charge in [-0.1, -0.05) is 0 Å². The van der Waals surface area contributed by atoms with Gasteiger partial charge in [0.1, 0.15) is 0 Å². The lowest BCUT2D eigenvalue weighted by Crippen LogP contribution is -2.21. The summed E-state index contributed by atoms with van der Waals surface area (Å²) in [5, 5.41) is 0. The zero-order valence-corrected chi connectivity index (χ0v) is 8.75. The molecule has 0 spiro atoms. The summed E-state index contributed by atoms with van der Waals surface area (Å²) in [6.45, 7) is 0.808. The van der Waals surface area contributed by atoms with Gasteiger partial charge < -0.3 is 10.3 Å². The first kappa shape index (κ1) is 8.81. The molecule has 0 saturated heterocycles. The van der Waals surface area contributed by atoms with E-state index in [9.17, 15) is 4.79 Å². The van der Waals surface area contributed by atoms with Crippen LogP contribution >= 0.6 is 15.9 Å². The summed E-state index contributed by atoms with van der Waals surface area (Å²) in [5.41, 5.74) is 6.28. The minimum absolute atomic E-state index is 0.0149. The smallest absolute Gasteiger partial charge is 0.264 e. The molecule has 0 atom stereocenters. The fourth-order valence-electron chi connectivity index (χ4n) is 1.34. The normalized spacial score (nSPS) is 16.1. The molecule has 1 aliphatic rings. The van der Waals surface area contributed by atoms with Crippen molar-refractivity contribution in [1.29, 1.82) is 0 Å². The highest BCUT2D eigenvalue weighted by Crippen LogP contribution is 2.30. The van der Waals surface area contributed by atoms with E-state index in [4.69, 9.17) is 5.73 Å². The van der Waals surface area contributed by atoms with E-state index in [1.165, 1.54) is 12.8 Å². The number of rotatable bonds is 2. The van der Waals surface area contributed by atoms with Crippen molar-refractivity contribution in [2.45, 2.75) is 19.4 Å². The van der Waals surface area contributed by atoms with Gasteiger partial charge in [-0.05, 0) is 40.8 Å². The quantitative estimate of drug-likeness (QED) is 0.857. The Bertz CT molecular complexity index is 382. The molecule has 3 nitrogen and oxygen atoms in total. The van der Waals surface area contributed by atoms with Gasteiger partial charge in [0.15, 0.2) is 0 Å². The molecular weight excluding hydrogens is 232 g/mol. The van der Waals surface area contributed by atoms with E-state index in [1.807, 2.05) is 0 Å². The Morgan fingerprint density at radius 1 is 1.62 bits per heavy atom. The molecule has 13 heavy (non-hydrogen) atoms. The fourth-order valence-corrected chi connectivity index (χ4v) is 1.83. The van der Waals surface area contributed by atoms with E-state index in [-0.39, 0.29) is 5.56 Å². The van der Waals surface area contributed by atoms with E-state index >= 15 is 0 Å². The number of nitrogens with two attached hydrogens (primary N) is 1. The predicted octanol–water partition coefficient (Wildman–Crippen LogP) is 1.60. The van der Waals surface area contributed by atoms with Crippen LogP contribution in [0.4, 0.5) is 5.69 Å². The summed E-state index contributed by atoms with van der Waals surface area (Å²) in [4.78, 5) is 11.5. The predicted molar refractivity (Wildman–Crippen MR) is 55.5 cm³/mol. The first-order chi connectivity index (χ1) is 6.16. The second kappa shape index (κ2) is 3.18. The molecule has 0 bridgehead atoms.